The van der Waals surface area contributed by atoms with Gasteiger partial charge in [0.1, 0.15) is 12.7 Å². The smallest absolute Gasteiger partial charge is 0.462 e. The van der Waals surface area contributed by atoms with E-state index >= 15 is 0 Å². The number of phosphoric ester groups is 1. The third-order valence-electron chi connectivity index (χ3n) is 13.2. The average molecular weight is 1070 g/mol. The lowest BCUT2D eigenvalue weighted by Crippen LogP contribution is -2.30. The molecule has 0 aliphatic rings. The molecule has 0 radical (unpaired) electrons. The lowest BCUT2D eigenvalue weighted by atomic mass is 10.0. The Labute approximate surface area is 453 Å². The van der Waals surface area contributed by atoms with Crippen LogP contribution in [0.5, 0.6) is 0 Å². The number of phosphoric acid groups is 1. The van der Waals surface area contributed by atoms with Crippen LogP contribution in [0.25, 0.3) is 0 Å². The Morgan fingerprint density at radius 3 is 1.08 bits per heavy atom. The molecule has 0 saturated carbocycles. The Morgan fingerprint density at radius 2 is 0.689 bits per heavy atom. The SMILES string of the molecule is CCC/C=C\C/C=C\CCCCCCCC(=O)OCC(COP(=O)(O)OCC(CO)OC(=O)CCCCCCCCCCCCCCCCC)OC(=O)CCCCCCCCCCC/C=C\C/C=C\CCCCC. The number of ether oxygens (including phenoxy) is 3. The number of carbonyl (C=O) groups excluding carboxylic acids is 3. The van der Waals surface area contributed by atoms with Gasteiger partial charge in [0.25, 0.3) is 0 Å². The number of hydrogen-bond acceptors (Lipinski definition) is 10. The number of aliphatic hydroxyl groups is 1. The number of hydrogen-bond donors (Lipinski definition) is 2. The van der Waals surface area contributed by atoms with Crippen LogP contribution in [-0.2, 0) is 42.2 Å². The minimum atomic E-state index is -4.75. The monoisotopic (exact) mass is 1060 g/mol. The molecule has 0 fully saturated rings. The van der Waals surface area contributed by atoms with Crippen LogP contribution in [0.1, 0.15) is 290 Å². The van der Waals surface area contributed by atoms with E-state index in [9.17, 15) is 28.9 Å². The molecular weight excluding hydrogens is 952 g/mol. The second-order valence-corrected chi connectivity index (χ2v) is 22.0. The molecule has 11 nitrogen and oxygen atoms in total. The number of unbranched alkanes of at least 4 members (excludes halogenated alkanes) is 32. The summed E-state index contributed by atoms with van der Waals surface area (Å²) in [6.45, 7) is 4.58. The van der Waals surface area contributed by atoms with Gasteiger partial charge < -0.3 is 24.2 Å². The van der Waals surface area contributed by atoms with Crippen molar-refractivity contribution in [3.05, 3.63) is 48.6 Å². The number of allylic oxidation sites excluding steroid dienone is 8. The van der Waals surface area contributed by atoms with Crippen molar-refractivity contribution in [2.24, 2.45) is 0 Å². The molecule has 0 aromatic heterocycles. The highest BCUT2D eigenvalue weighted by Gasteiger charge is 2.28. The lowest BCUT2D eigenvalue weighted by Gasteiger charge is -2.21. The Morgan fingerprint density at radius 1 is 0.378 bits per heavy atom. The van der Waals surface area contributed by atoms with Crippen LogP contribution in [-0.4, -0.2) is 66.5 Å². The second kappa shape index (κ2) is 56.6. The van der Waals surface area contributed by atoms with Crippen molar-refractivity contribution >= 4 is 25.7 Å². The van der Waals surface area contributed by atoms with E-state index in [-0.39, 0.29) is 25.9 Å². The van der Waals surface area contributed by atoms with Gasteiger partial charge in [-0.3, -0.25) is 23.4 Å². The number of rotatable bonds is 57. The molecule has 3 unspecified atom stereocenters. The minimum Gasteiger partial charge on any atom is -0.462 e. The zero-order valence-electron chi connectivity index (χ0n) is 47.8. The first-order valence-electron chi connectivity index (χ1n) is 30.5. The molecule has 0 spiro atoms. The van der Waals surface area contributed by atoms with Gasteiger partial charge in [0.05, 0.1) is 19.8 Å². The van der Waals surface area contributed by atoms with E-state index in [1.807, 2.05) is 0 Å². The summed E-state index contributed by atoms with van der Waals surface area (Å²) in [6.07, 6.45) is 60.6. The Bertz CT molecular complexity index is 1430. The van der Waals surface area contributed by atoms with Crippen LogP contribution in [0.4, 0.5) is 0 Å². The van der Waals surface area contributed by atoms with Crippen molar-refractivity contribution in [3.63, 3.8) is 0 Å². The van der Waals surface area contributed by atoms with Gasteiger partial charge >= 0.3 is 25.7 Å². The predicted octanol–water partition coefficient (Wildman–Crippen LogP) is 18.1. The van der Waals surface area contributed by atoms with Crippen LogP contribution in [0.15, 0.2) is 48.6 Å². The van der Waals surface area contributed by atoms with Gasteiger partial charge in [0.2, 0.25) is 0 Å². The molecule has 0 aromatic carbocycles. The van der Waals surface area contributed by atoms with Gasteiger partial charge in [0, 0.05) is 19.3 Å². The van der Waals surface area contributed by atoms with Crippen LogP contribution < -0.4 is 0 Å². The van der Waals surface area contributed by atoms with Gasteiger partial charge in [0.15, 0.2) is 6.10 Å². The average Bonchev–Trinajstić information content (AvgIpc) is 3.39. The standard InChI is InChI=1S/C62H113O11P/c1-4-7-10-13-16-19-22-25-27-28-29-30-32-35-38-41-44-47-50-53-62(66)73-59(55-69-60(64)51-48-45-42-39-36-33-24-21-18-15-12-9-6-3)57-71-74(67,68)70-56-58(54-63)72-61(65)52-49-46-43-40-37-34-31-26-23-20-17-14-11-8-5-2/h12,15-16,19,21,24-25,27,58-59,63H,4-11,13-14,17-18,20,22-23,26,28-57H2,1-3H3,(H,67,68)/b15-12-,19-16-,24-21-,27-25-. The summed E-state index contributed by atoms with van der Waals surface area (Å²) in [7, 11) is -4.75. The van der Waals surface area contributed by atoms with Gasteiger partial charge in [-0.05, 0) is 77.0 Å². The largest absolute Gasteiger partial charge is 0.472 e. The fraction of sp³-hybridized carbons (Fsp3) is 0.823. The van der Waals surface area contributed by atoms with E-state index in [2.05, 4.69) is 69.4 Å². The molecule has 0 aliphatic heterocycles. The summed E-state index contributed by atoms with van der Waals surface area (Å²) < 4.78 is 39.6. The zero-order valence-corrected chi connectivity index (χ0v) is 48.7. The van der Waals surface area contributed by atoms with Crippen molar-refractivity contribution in [3.8, 4) is 0 Å². The Balaban J connectivity index is 4.68. The molecule has 0 amide bonds. The van der Waals surface area contributed by atoms with Crippen molar-refractivity contribution in [1.82, 2.24) is 0 Å². The summed E-state index contributed by atoms with van der Waals surface area (Å²) in [6, 6.07) is 0. The summed E-state index contributed by atoms with van der Waals surface area (Å²) in [5.41, 5.74) is 0. The van der Waals surface area contributed by atoms with Crippen LogP contribution in [0, 0.1) is 0 Å². The summed E-state index contributed by atoms with van der Waals surface area (Å²) >= 11 is 0. The van der Waals surface area contributed by atoms with E-state index in [1.165, 1.54) is 135 Å². The van der Waals surface area contributed by atoms with Crippen LogP contribution in [0.3, 0.4) is 0 Å². The van der Waals surface area contributed by atoms with Crippen molar-refractivity contribution in [1.29, 1.82) is 0 Å². The maximum atomic E-state index is 12.9. The Kier molecular flexibility index (Phi) is 54.7. The molecular formula is C62H113O11P. The van der Waals surface area contributed by atoms with Crippen molar-refractivity contribution in [2.75, 3.05) is 26.4 Å². The van der Waals surface area contributed by atoms with E-state index in [4.69, 9.17) is 23.3 Å². The first kappa shape index (κ1) is 71.4. The van der Waals surface area contributed by atoms with Crippen LogP contribution in [0.2, 0.25) is 0 Å². The molecule has 0 bridgehead atoms. The maximum absolute atomic E-state index is 12.9. The molecule has 74 heavy (non-hydrogen) atoms. The third kappa shape index (κ3) is 54.2. The van der Waals surface area contributed by atoms with Crippen molar-refractivity contribution < 1.29 is 52.2 Å². The van der Waals surface area contributed by atoms with E-state index in [0.717, 1.165) is 96.3 Å². The fourth-order valence-electron chi connectivity index (χ4n) is 8.54. The molecule has 0 aromatic rings. The van der Waals surface area contributed by atoms with E-state index in [0.29, 0.717) is 19.3 Å². The molecule has 3 atom stereocenters. The number of carbonyl (C=O) groups is 3. The molecule has 12 heteroatoms. The van der Waals surface area contributed by atoms with Gasteiger partial charge in [-0.1, -0.05) is 243 Å². The number of esters is 3. The summed E-state index contributed by atoms with van der Waals surface area (Å²) in [5, 5.41) is 9.83. The van der Waals surface area contributed by atoms with Gasteiger partial charge in [-0.2, -0.15) is 0 Å². The topological polar surface area (TPSA) is 155 Å². The molecule has 432 valence electrons. The van der Waals surface area contributed by atoms with Gasteiger partial charge in [-0.15, -0.1) is 0 Å². The minimum absolute atomic E-state index is 0.161. The first-order chi connectivity index (χ1) is 36.2. The normalized spacial score (nSPS) is 13.6. The molecule has 0 saturated heterocycles. The third-order valence-corrected chi connectivity index (χ3v) is 14.2. The van der Waals surface area contributed by atoms with Crippen molar-refractivity contribution in [2.45, 2.75) is 303 Å². The first-order valence-corrected chi connectivity index (χ1v) is 32.0. The molecule has 0 aliphatic carbocycles. The fourth-order valence-corrected chi connectivity index (χ4v) is 9.33. The molecule has 0 rings (SSSR count). The number of aliphatic hydroxyl groups excluding tert-OH is 1. The highest BCUT2D eigenvalue weighted by Crippen LogP contribution is 2.43. The highest BCUT2D eigenvalue weighted by molar-refractivity contribution is 7.47. The van der Waals surface area contributed by atoms with E-state index in [1.54, 1.807) is 0 Å². The summed E-state index contributed by atoms with van der Waals surface area (Å²) in [4.78, 5) is 48.6. The lowest BCUT2D eigenvalue weighted by molar-refractivity contribution is -0.161. The quantitative estimate of drug-likeness (QED) is 0.0197. The van der Waals surface area contributed by atoms with Gasteiger partial charge in [-0.25, -0.2) is 4.57 Å². The highest BCUT2D eigenvalue weighted by atomic mass is 31.2. The summed E-state index contributed by atoms with van der Waals surface area (Å²) in [5.74, 6) is -1.47. The van der Waals surface area contributed by atoms with Crippen LogP contribution >= 0.6 is 7.82 Å². The zero-order chi connectivity index (χ0) is 54.1. The molecule has 0 heterocycles. The Hall–Kier alpha value is -2.56. The maximum Gasteiger partial charge on any atom is 0.472 e. The predicted molar refractivity (Wildman–Crippen MR) is 307 cm³/mol. The van der Waals surface area contributed by atoms with E-state index < -0.39 is 57.8 Å². The molecule has 2 N–H and O–H groups in total. The second-order valence-electron chi connectivity index (χ2n) is 20.5.